The third-order valence-corrected chi connectivity index (χ3v) is 2.54. The van der Waals surface area contributed by atoms with Crippen molar-refractivity contribution in [3.05, 3.63) is 18.2 Å². The van der Waals surface area contributed by atoms with Gasteiger partial charge in [0.05, 0.1) is 19.8 Å². The van der Waals surface area contributed by atoms with Crippen molar-refractivity contribution in [3.63, 3.8) is 0 Å². The zero-order valence-corrected chi connectivity index (χ0v) is 11.7. The van der Waals surface area contributed by atoms with Crippen molar-refractivity contribution >= 4 is 0 Å². The number of hydrogen-bond acceptors (Lipinski definition) is 3. The van der Waals surface area contributed by atoms with Crippen molar-refractivity contribution in [1.82, 2.24) is 0 Å². The van der Waals surface area contributed by atoms with Crippen LogP contribution in [0.3, 0.4) is 0 Å². The Bertz CT molecular complexity index is 337. The van der Waals surface area contributed by atoms with Crippen LogP contribution in [0.1, 0.15) is 40.0 Å². The molecule has 1 aromatic carbocycles. The summed E-state index contributed by atoms with van der Waals surface area (Å²) in [5.74, 6) is 2.25. The molecule has 0 amide bonds. The topological polar surface area (TPSA) is 27.7 Å². The molecule has 3 nitrogen and oxygen atoms in total. The molecule has 0 aliphatic rings. The molecule has 0 atom stereocenters. The Hall–Kier alpha value is -1.38. The average molecular weight is 252 g/mol. The largest absolute Gasteiger partial charge is 0.490 e. The predicted molar refractivity (Wildman–Crippen MR) is 73.8 cm³/mol. The molecule has 0 unspecified atom stereocenters. The second-order valence-electron chi connectivity index (χ2n) is 4.01. The van der Waals surface area contributed by atoms with Gasteiger partial charge in [0.15, 0.2) is 11.5 Å². The number of para-hydroxylation sites is 1. The van der Waals surface area contributed by atoms with E-state index in [2.05, 4.69) is 6.92 Å². The van der Waals surface area contributed by atoms with Gasteiger partial charge in [0.2, 0.25) is 5.75 Å². The summed E-state index contributed by atoms with van der Waals surface area (Å²) in [6.07, 6.45) is 3.46. The van der Waals surface area contributed by atoms with E-state index in [1.807, 2.05) is 32.0 Å². The molecular weight excluding hydrogens is 228 g/mol. The molecule has 0 aliphatic carbocycles. The van der Waals surface area contributed by atoms with Gasteiger partial charge in [-0.25, -0.2) is 0 Å². The highest BCUT2D eigenvalue weighted by molar-refractivity contribution is 5.51. The highest BCUT2D eigenvalue weighted by Crippen LogP contribution is 2.37. The van der Waals surface area contributed by atoms with Crippen LogP contribution in [0.5, 0.6) is 17.2 Å². The van der Waals surface area contributed by atoms with Crippen LogP contribution < -0.4 is 14.2 Å². The molecule has 0 heterocycles. The summed E-state index contributed by atoms with van der Waals surface area (Å²) in [7, 11) is 0. The van der Waals surface area contributed by atoms with E-state index < -0.39 is 0 Å². The lowest BCUT2D eigenvalue weighted by molar-refractivity contribution is 0.252. The first-order valence-corrected chi connectivity index (χ1v) is 6.84. The summed E-state index contributed by atoms with van der Waals surface area (Å²) in [5.41, 5.74) is 0. The second-order valence-corrected chi connectivity index (χ2v) is 4.01. The van der Waals surface area contributed by atoms with Crippen molar-refractivity contribution in [2.24, 2.45) is 0 Å². The van der Waals surface area contributed by atoms with Crippen LogP contribution in [0.25, 0.3) is 0 Å². The third kappa shape index (κ3) is 4.47. The fraction of sp³-hybridized carbons (Fsp3) is 0.600. The van der Waals surface area contributed by atoms with Crippen molar-refractivity contribution in [1.29, 1.82) is 0 Å². The molecule has 0 aromatic heterocycles. The van der Waals surface area contributed by atoms with Gasteiger partial charge in [-0.3, -0.25) is 0 Å². The number of hydrogen-bond donors (Lipinski definition) is 0. The van der Waals surface area contributed by atoms with E-state index in [-0.39, 0.29) is 0 Å². The molecule has 0 aliphatic heterocycles. The summed E-state index contributed by atoms with van der Waals surface area (Å²) in [5, 5.41) is 0. The van der Waals surface area contributed by atoms with Crippen molar-refractivity contribution in [2.75, 3.05) is 19.8 Å². The van der Waals surface area contributed by atoms with Crippen LogP contribution in [-0.4, -0.2) is 19.8 Å². The maximum atomic E-state index is 5.77. The van der Waals surface area contributed by atoms with E-state index in [0.717, 1.165) is 30.3 Å². The number of ether oxygens (including phenoxy) is 3. The van der Waals surface area contributed by atoms with Crippen LogP contribution in [0.2, 0.25) is 0 Å². The third-order valence-electron chi connectivity index (χ3n) is 2.54. The molecule has 0 bridgehead atoms. The van der Waals surface area contributed by atoms with Crippen LogP contribution in [0.4, 0.5) is 0 Å². The first kappa shape index (κ1) is 14.7. The number of unbranched alkanes of at least 4 members (excludes halogenated alkanes) is 2. The predicted octanol–water partition coefficient (Wildman–Crippen LogP) is 4.05. The first-order valence-electron chi connectivity index (χ1n) is 6.84. The molecule has 0 fully saturated rings. The molecule has 1 rings (SSSR count). The normalized spacial score (nSPS) is 10.2. The van der Waals surface area contributed by atoms with Crippen LogP contribution in [-0.2, 0) is 0 Å². The zero-order chi connectivity index (χ0) is 13.2. The van der Waals surface area contributed by atoms with Crippen molar-refractivity contribution in [2.45, 2.75) is 40.0 Å². The minimum absolute atomic E-state index is 0.607. The summed E-state index contributed by atoms with van der Waals surface area (Å²) in [4.78, 5) is 0. The number of benzene rings is 1. The molecule has 0 radical (unpaired) electrons. The molecule has 0 saturated heterocycles. The Morgan fingerprint density at radius 3 is 2.11 bits per heavy atom. The summed E-state index contributed by atoms with van der Waals surface area (Å²) in [6.45, 7) is 8.06. The Kier molecular flexibility index (Phi) is 7.07. The lowest BCUT2D eigenvalue weighted by atomic mass is 10.2. The summed E-state index contributed by atoms with van der Waals surface area (Å²) >= 11 is 0. The fourth-order valence-electron chi connectivity index (χ4n) is 1.70. The molecule has 18 heavy (non-hydrogen) atoms. The van der Waals surface area contributed by atoms with E-state index >= 15 is 0 Å². The standard InChI is InChI=1S/C15H24O3/c1-4-7-8-12-18-14-11-9-10-13(16-5-2)15(14)17-6-3/h9-11H,4-8,12H2,1-3H3. The van der Waals surface area contributed by atoms with Crippen LogP contribution in [0.15, 0.2) is 18.2 Å². The van der Waals surface area contributed by atoms with Gasteiger partial charge >= 0.3 is 0 Å². The van der Waals surface area contributed by atoms with E-state index in [0.29, 0.717) is 13.2 Å². The second kappa shape index (κ2) is 8.67. The Balaban J connectivity index is 2.71. The average Bonchev–Trinajstić information content (AvgIpc) is 2.38. The summed E-state index contributed by atoms with van der Waals surface area (Å²) in [6, 6.07) is 5.77. The molecule has 1 aromatic rings. The van der Waals surface area contributed by atoms with Gasteiger partial charge in [0, 0.05) is 0 Å². The molecule has 3 heteroatoms. The van der Waals surface area contributed by atoms with Crippen LogP contribution in [0, 0.1) is 0 Å². The minimum Gasteiger partial charge on any atom is -0.490 e. The van der Waals surface area contributed by atoms with Crippen molar-refractivity contribution in [3.8, 4) is 17.2 Å². The maximum absolute atomic E-state index is 5.77. The van der Waals surface area contributed by atoms with E-state index in [1.54, 1.807) is 0 Å². The zero-order valence-electron chi connectivity index (χ0n) is 11.7. The van der Waals surface area contributed by atoms with Gasteiger partial charge in [0.25, 0.3) is 0 Å². The van der Waals surface area contributed by atoms with Gasteiger partial charge in [-0.1, -0.05) is 25.8 Å². The minimum atomic E-state index is 0.607. The number of rotatable bonds is 9. The molecular formula is C15H24O3. The quantitative estimate of drug-likeness (QED) is 0.620. The molecule has 102 valence electrons. The fourth-order valence-corrected chi connectivity index (χ4v) is 1.70. The van der Waals surface area contributed by atoms with E-state index in [9.17, 15) is 0 Å². The van der Waals surface area contributed by atoms with E-state index in [1.165, 1.54) is 12.8 Å². The van der Waals surface area contributed by atoms with Gasteiger partial charge < -0.3 is 14.2 Å². The molecule has 0 saturated carbocycles. The highest BCUT2D eigenvalue weighted by Gasteiger charge is 2.11. The highest BCUT2D eigenvalue weighted by atomic mass is 16.5. The van der Waals surface area contributed by atoms with Gasteiger partial charge in [-0.15, -0.1) is 0 Å². The van der Waals surface area contributed by atoms with Crippen molar-refractivity contribution < 1.29 is 14.2 Å². The first-order chi connectivity index (χ1) is 8.83. The Morgan fingerprint density at radius 2 is 1.50 bits per heavy atom. The van der Waals surface area contributed by atoms with E-state index in [4.69, 9.17) is 14.2 Å². The molecule has 0 spiro atoms. The lowest BCUT2D eigenvalue weighted by Gasteiger charge is -2.15. The van der Waals surface area contributed by atoms with Crippen LogP contribution >= 0.6 is 0 Å². The summed E-state index contributed by atoms with van der Waals surface area (Å²) < 4.78 is 17.0. The lowest BCUT2D eigenvalue weighted by Crippen LogP contribution is -2.03. The maximum Gasteiger partial charge on any atom is 0.203 e. The van der Waals surface area contributed by atoms with Gasteiger partial charge in [0.1, 0.15) is 0 Å². The Morgan fingerprint density at radius 1 is 0.833 bits per heavy atom. The molecule has 0 N–H and O–H groups in total. The SMILES string of the molecule is CCCCCOc1cccc(OCC)c1OCC. The monoisotopic (exact) mass is 252 g/mol. The smallest absolute Gasteiger partial charge is 0.203 e. The Labute approximate surface area is 110 Å². The van der Waals surface area contributed by atoms with Gasteiger partial charge in [-0.05, 0) is 32.4 Å². The van der Waals surface area contributed by atoms with Gasteiger partial charge in [-0.2, -0.15) is 0 Å².